The Morgan fingerprint density at radius 2 is 1.77 bits per heavy atom. The Labute approximate surface area is 180 Å². The Balaban J connectivity index is 1.28. The van der Waals surface area contributed by atoms with Crippen LogP contribution in [0.15, 0.2) is 6.33 Å². The Kier molecular flexibility index (Phi) is 4.62. The fourth-order valence-electron chi connectivity index (χ4n) is 9.28. The molecular formula is C25H38N4O. The van der Waals surface area contributed by atoms with Crippen LogP contribution < -0.4 is 0 Å². The van der Waals surface area contributed by atoms with Crippen molar-refractivity contribution in [1.82, 2.24) is 20.2 Å². The molecule has 5 aliphatic carbocycles. The molecule has 0 amide bonds. The summed E-state index contributed by atoms with van der Waals surface area (Å²) in [5.41, 5.74) is 0.195. The van der Waals surface area contributed by atoms with Gasteiger partial charge in [0.2, 0.25) is 0 Å². The topological polar surface area (TPSA) is 60.7 Å². The van der Waals surface area contributed by atoms with E-state index in [4.69, 9.17) is 0 Å². The molecule has 5 saturated carbocycles. The molecule has 0 radical (unpaired) electrons. The number of ketones is 1. The zero-order valence-corrected chi connectivity index (χ0v) is 18.7. The molecule has 30 heavy (non-hydrogen) atoms. The van der Waals surface area contributed by atoms with Gasteiger partial charge in [-0.3, -0.25) is 4.79 Å². The largest absolute Gasteiger partial charge is 0.297 e. The van der Waals surface area contributed by atoms with E-state index in [1.807, 2.05) is 0 Å². The van der Waals surface area contributed by atoms with Crippen molar-refractivity contribution < 1.29 is 4.79 Å². The molecule has 6 rings (SSSR count). The number of nitrogens with zero attached hydrogens (tertiary/aromatic N) is 4. The fourth-order valence-corrected chi connectivity index (χ4v) is 9.28. The van der Waals surface area contributed by atoms with Gasteiger partial charge in [-0.25, -0.2) is 0 Å². The van der Waals surface area contributed by atoms with E-state index in [1.54, 1.807) is 0 Å². The molecule has 0 aromatic carbocycles. The lowest BCUT2D eigenvalue weighted by Crippen LogP contribution is -2.50. The van der Waals surface area contributed by atoms with Crippen molar-refractivity contribution in [3.63, 3.8) is 0 Å². The first-order chi connectivity index (χ1) is 14.5. The van der Waals surface area contributed by atoms with Crippen LogP contribution in [0.2, 0.25) is 0 Å². The highest BCUT2D eigenvalue weighted by atomic mass is 16.1. The van der Waals surface area contributed by atoms with Gasteiger partial charge in [0.1, 0.15) is 6.54 Å². The quantitative estimate of drug-likeness (QED) is 0.716. The van der Waals surface area contributed by atoms with E-state index in [-0.39, 0.29) is 11.3 Å². The minimum absolute atomic E-state index is 0.195. The van der Waals surface area contributed by atoms with Crippen molar-refractivity contribution in [2.75, 3.05) is 0 Å². The van der Waals surface area contributed by atoms with Crippen molar-refractivity contribution in [2.24, 2.45) is 58.7 Å². The van der Waals surface area contributed by atoms with Crippen LogP contribution in [0.1, 0.15) is 78.1 Å². The van der Waals surface area contributed by atoms with Gasteiger partial charge in [0.05, 0.1) is 0 Å². The summed E-state index contributed by atoms with van der Waals surface area (Å²) >= 11 is 0. The number of hydrogen-bond donors (Lipinski definition) is 0. The Morgan fingerprint density at radius 3 is 2.53 bits per heavy atom. The number of fused-ring (bicyclic) bond motifs is 5. The molecule has 1 aromatic rings. The van der Waals surface area contributed by atoms with Gasteiger partial charge in [-0.15, -0.1) is 10.2 Å². The van der Waals surface area contributed by atoms with Crippen molar-refractivity contribution in [1.29, 1.82) is 0 Å². The standard InChI is InChI=1S/C25H38N4O/c1-15-3-7-18-17(11-15)6-8-20-19(18)9-10-25(2)22(12-21(24(20)25)16-4-5-16)23(30)13-29-27-14-26-28-29/h14-22,24H,3-13H2,1-2H3. The summed E-state index contributed by atoms with van der Waals surface area (Å²) in [7, 11) is 0. The maximum Gasteiger partial charge on any atom is 0.162 e. The highest BCUT2D eigenvalue weighted by molar-refractivity contribution is 5.82. The van der Waals surface area contributed by atoms with Gasteiger partial charge in [0.25, 0.3) is 0 Å². The molecule has 9 atom stereocenters. The number of aromatic nitrogens is 4. The molecule has 0 spiro atoms. The average Bonchev–Trinajstić information content (AvgIpc) is 3.35. The van der Waals surface area contributed by atoms with Crippen LogP contribution in [0, 0.1) is 58.7 Å². The smallest absolute Gasteiger partial charge is 0.162 e. The van der Waals surface area contributed by atoms with Gasteiger partial charge < -0.3 is 0 Å². The number of rotatable bonds is 4. The van der Waals surface area contributed by atoms with E-state index in [0.29, 0.717) is 12.3 Å². The molecule has 164 valence electrons. The van der Waals surface area contributed by atoms with Gasteiger partial charge >= 0.3 is 0 Å². The van der Waals surface area contributed by atoms with Crippen LogP contribution in [0.4, 0.5) is 0 Å². The second kappa shape index (κ2) is 7.13. The van der Waals surface area contributed by atoms with Crippen LogP contribution in [0.5, 0.6) is 0 Å². The normalized spacial score (nSPS) is 47.9. The molecule has 5 heteroatoms. The Morgan fingerprint density at radius 1 is 0.967 bits per heavy atom. The molecular weight excluding hydrogens is 372 g/mol. The van der Waals surface area contributed by atoms with Crippen LogP contribution in [-0.4, -0.2) is 26.0 Å². The predicted molar refractivity (Wildman–Crippen MR) is 114 cm³/mol. The second-order valence-electron chi connectivity index (χ2n) is 12.0. The summed E-state index contributed by atoms with van der Waals surface area (Å²) in [6, 6.07) is 0. The summed E-state index contributed by atoms with van der Waals surface area (Å²) in [6.45, 7) is 5.28. The third-order valence-electron chi connectivity index (χ3n) is 10.6. The van der Waals surface area contributed by atoms with E-state index < -0.39 is 0 Å². The first kappa shape index (κ1) is 19.4. The van der Waals surface area contributed by atoms with Crippen LogP contribution in [-0.2, 0) is 11.3 Å². The monoisotopic (exact) mass is 410 g/mol. The van der Waals surface area contributed by atoms with Crippen molar-refractivity contribution in [3.8, 4) is 0 Å². The molecule has 0 saturated heterocycles. The molecule has 1 aromatic heterocycles. The fraction of sp³-hybridized carbons (Fsp3) is 0.920. The Bertz CT molecular complexity index is 789. The van der Waals surface area contributed by atoms with E-state index in [1.165, 1.54) is 68.9 Å². The van der Waals surface area contributed by atoms with Crippen molar-refractivity contribution >= 4 is 5.78 Å². The molecule has 0 aliphatic heterocycles. The van der Waals surface area contributed by atoms with E-state index in [9.17, 15) is 4.79 Å². The van der Waals surface area contributed by atoms with Gasteiger partial charge in [0, 0.05) is 5.92 Å². The summed E-state index contributed by atoms with van der Waals surface area (Å²) in [5, 5.41) is 11.9. The summed E-state index contributed by atoms with van der Waals surface area (Å²) in [4.78, 5) is 14.9. The number of hydrogen-bond acceptors (Lipinski definition) is 4. The minimum atomic E-state index is 0.195. The molecule has 0 N–H and O–H groups in total. The lowest BCUT2D eigenvalue weighted by atomic mass is 9.48. The molecule has 5 fully saturated rings. The van der Waals surface area contributed by atoms with E-state index >= 15 is 0 Å². The third-order valence-corrected chi connectivity index (χ3v) is 10.6. The van der Waals surface area contributed by atoms with Gasteiger partial charge in [-0.1, -0.05) is 20.3 Å². The van der Waals surface area contributed by atoms with Crippen molar-refractivity contribution in [2.45, 2.75) is 84.6 Å². The van der Waals surface area contributed by atoms with E-state index in [0.717, 1.165) is 53.8 Å². The Hall–Kier alpha value is -1.26. The van der Waals surface area contributed by atoms with Crippen LogP contribution in [0.25, 0.3) is 0 Å². The summed E-state index contributed by atoms with van der Waals surface area (Å²) < 4.78 is 0. The first-order valence-electron chi connectivity index (χ1n) is 12.8. The number of Topliss-reactive ketones (excluding diaryl/α,β-unsaturated/α-hetero) is 1. The third kappa shape index (κ3) is 3.01. The van der Waals surface area contributed by atoms with Gasteiger partial charge in [-0.2, -0.15) is 4.80 Å². The lowest BCUT2D eigenvalue weighted by Gasteiger charge is -2.57. The lowest BCUT2D eigenvalue weighted by molar-refractivity contribution is -0.132. The maximum absolute atomic E-state index is 13.5. The molecule has 9 unspecified atom stereocenters. The predicted octanol–water partition coefficient (Wildman–Crippen LogP) is 4.78. The minimum Gasteiger partial charge on any atom is -0.297 e. The molecule has 1 heterocycles. The number of carbonyl (C=O) groups is 1. The van der Waals surface area contributed by atoms with Crippen molar-refractivity contribution in [3.05, 3.63) is 6.33 Å². The molecule has 0 bridgehead atoms. The molecule has 5 nitrogen and oxygen atoms in total. The first-order valence-corrected chi connectivity index (χ1v) is 12.8. The zero-order chi connectivity index (χ0) is 20.5. The molecule has 5 aliphatic rings. The highest BCUT2D eigenvalue weighted by Gasteiger charge is 2.63. The zero-order valence-electron chi connectivity index (χ0n) is 18.7. The maximum atomic E-state index is 13.5. The van der Waals surface area contributed by atoms with E-state index in [2.05, 4.69) is 29.3 Å². The summed E-state index contributed by atoms with van der Waals surface area (Å²) in [5.74, 6) is 7.78. The average molecular weight is 411 g/mol. The van der Waals surface area contributed by atoms with Crippen LogP contribution in [0.3, 0.4) is 0 Å². The highest BCUT2D eigenvalue weighted by Crippen LogP contribution is 2.69. The van der Waals surface area contributed by atoms with Crippen LogP contribution >= 0.6 is 0 Å². The van der Waals surface area contributed by atoms with Gasteiger partial charge in [-0.05, 0) is 116 Å². The number of tetrazole rings is 1. The second-order valence-corrected chi connectivity index (χ2v) is 12.0. The summed E-state index contributed by atoms with van der Waals surface area (Å²) in [6.07, 6.45) is 15.3. The van der Waals surface area contributed by atoms with Gasteiger partial charge in [0.15, 0.2) is 12.1 Å². The number of carbonyl (C=O) groups excluding carboxylic acids is 1. The SMILES string of the molecule is CC1CCC2C(CCC3C2CCC2(C)C(C(=O)Cn4ncnn4)CC(C4CC4)C32)C1.